The van der Waals surface area contributed by atoms with Gasteiger partial charge in [0, 0.05) is 0 Å². The monoisotopic (exact) mass is 229 g/mol. The number of hydrogen-bond donors (Lipinski definition) is 4. The Morgan fingerprint density at radius 2 is 2.19 bits per heavy atom. The molecule has 7 heteroatoms. The highest BCUT2D eigenvalue weighted by Gasteiger charge is 2.27. The van der Waals surface area contributed by atoms with Crippen molar-refractivity contribution in [3.8, 4) is 0 Å². The number of carboxylic acid groups (broad SMARTS) is 1. The predicted octanol–water partition coefficient (Wildman–Crippen LogP) is -1.82. The quantitative estimate of drug-likeness (QED) is 0.442. The molecule has 5 N–H and O–H groups in total. The van der Waals surface area contributed by atoms with Gasteiger partial charge in [-0.3, -0.25) is 9.59 Å². The van der Waals surface area contributed by atoms with Gasteiger partial charge in [0.1, 0.15) is 6.04 Å². The van der Waals surface area contributed by atoms with Gasteiger partial charge in [0.15, 0.2) is 0 Å². The molecule has 1 saturated heterocycles. The van der Waals surface area contributed by atoms with Gasteiger partial charge in [-0.15, -0.1) is 0 Å². The summed E-state index contributed by atoms with van der Waals surface area (Å²) in [6, 6.07) is -1.61. The van der Waals surface area contributed by atoms with Crippen LogP contribution in [-0.4, -0.2) is 41.5 Å². The minimum Gasteiger partial charge on any atom is -0.480 e. The van der Waals surface area contributed by atoms with E-state index in [2.05, 4.69) is 10.6 Å². The maximum absolute atomic E-state index is 11.6. The molecule has 16 heavy (non-hydrogen) atoms. The third kappa shape index (κ3) is 3.50. The molecule has 0 saturated carbocycles. The lowest BCUT2D eigenvalue weighted by Crippen LogP contribution is -2.49. The number of hydrogen-bond acceptors (Lipinski definition) is 4. The third-order valence-electron chi connectivity index (χ3n) is 2.40. The number of carbonyl (C=O) groups excluding carboxylic acids is 2. The molecular formula is C9H15N3O4. The highest BCUT2D eigenvalue weighted by molar-refractivity contribution is 5.90. The lowest BCUT2D eigenvalue weighted by atomic mass is 10.1. The number of carbonyl (C=O) groups is 3. The number of carboxylic acids is 1. The van der Waals surface area contributed by atoms with Crippen LogP contribution in [0.25, 0.3) is 0 Å². The van der Waals surface area contributed by atoms with Crippen molar-refractivity contribution in [2.45, 2.75) is 31.3 Å². The topological polar surface area (TPSA) is 122 Å². The summed E-state index contributed by atoms with van der Waals surface area (Å²) in [6.07, 6.45) is 1.16. The number of amides is 2. The van der Waals surface area contributed by atoms with Crippen LogP contribution in [0, 0.1) is 0 Å². The van der Waals surface area contributed by atoms with Gasteiger partial charge in [0.25, 0.3) is 0 Å². The second-order valence-electron chi connectivity index (χ2n) is 3.72. The lowest BCUT2D eigenvalue weighted by Gasteiger charge is -2.16. The minimum absolute atomic E-state index is 0.366. The van der Waals surface area contributed by atoms with Crippen LogP contribution in [0.3, 0.4) is 0 Å². The fourth-order valence-corrected chi connectivity index (χ4v) is 1.58. The number of primary amides is 1. The summed E-state index contributed by atoms with van der Waals surface area (Å²) in [4.78, 5) is 32.9. The number of rotatable bonds is 5. The molecule has 0 aromatic heterocycles. The molecule has 2 atom stereocenters. The average Bonchev–Trinajstić information content (AvgIpc) is 2.68. The number of nitrogens with two attached hydrogens (primary N) is 1. The van der Waals surface area contributed by atoms with Gasteiger partial charge in [-0.1, -0.05) is 0 Å². The Kier molecular flexibility index (Phi) is 4.24. The van der Waals surface area contributed by atoms with Crippen molar-refractivity contribution in [2.24, 2.45) is 5.73 Å². The normalized spacial score (nSPS) is 21.4. The Hall–Kier alpha value is -1.63. The molecule has 0 spiro atoms. The first-order valence-corrected chi connectivity index (χ1v) is 5.05. The molecule has 2 amide bonds. The van der Waals surface area contributed by atoms with E-state index in [1.807, 2.05) is 0 Å². The first-order chi connectivity index (χ1) is 7.50. The molecule has 0 aliphatic carbocycles. The molecule has 7 nitrogen and oxygen atoms in total. The molecule has 0 bridgehead atoms. The van der Waals surface area contributed by atoms with Crippen LogP contribution >= 0.6 is 0 Å². The first-order valence-electron chi connectivity index (χ1n) is 5.05. The van der Waals surface area contributed by atoms with Crippen LogP contribution in [0.1, 0.15) is 19.3 Å². The summed E-state index contributed by atoms with van der Waals surface area (Å²) < 4.78 is 0. The average molecular weight is 229 g/mol. The van der Waals surface area contributed by atoms with Crippen molar-refractivity contribution in [2.75, 3.05) is 6.54 Å². The molecule has 0 aromatic carbocycles. The second kappa shape index (κ2) is 5.45. The summed E-state index contributed by atoms with van der Waals surface area (Å²) in [5.41, 5.74) is 4.89. The highest BCUT2D eigenvalue weighted by Crippen LogP contribution is 2.05. The van der Waals surface area contributed by atoms with E-state index in [1.54, 1.807) is 0 Å². The smallest absolute Gasteiger partial charge is 0.326 e. The molecule has 1 rings (SSSR count). The van der Waals surface area contributed by atoms with Crippen molar-refractivity contribution in [3.63, 3.8) is 0 Å². The maximum Gasteiger partial charge on any atom is 0.326 e. The van der Waals surface area contributed by atoms with Gasteiger partial charge in [0.05, 0.1) is 12.5 Å². The molecule has 1 aliphatic rings. The molecule has 90 valence electrons. The van der Waals surface area contributed by atoms with Gasteiger partial charge in [-0.2, -0.15) is 0 Å². The number of nitrogens with one attached hydrogen (secondary N) is 2. The molecule has 1 aliphatic heterocycles. The summed E-state index contributed by atoms with van der Waals surface area (Å²) in [6.45, 7) is 0.742. The van der Waals surface area contributed by atoms with Crippen molar-refractivity contribution in [1.82, 2.24) is 10.6 Å². The van der Waals surface area contributed by atoms with Crippen LogP contribution in [0.5, 0.6) is 0 Å². The summed E-state index contributed by atoms with van der Waals surface area (Å²) >= 11 is 0. The van der Waals surface area contributed by atoms with Crippen molar-refractivity contribution in [1.29, 1.82) is 0 Å². The van der Waals surface area contributed by atoms with Gasteiger partial charge in [0.2, 0.25) is 11.8 Å². The van der Waals surface area contributed by atoms with E-state index in [9.17, 15) is 14.4 Å². The van der Waals surface area contributed by atoms with Crippen LogP contribution in [0.15, 0.2) is 0 Å². The molecular weight excluding hydrogens is 214 g/mol. The van der Waals surface area contributed by atoms with E-state index in [4.69, 9.17) is 10.8 Å². The minimum atomic E-state index is -1.26. The molecule has 1 heterocycles. The first kappa shape index (κ1) is 12.4. The maximum atomic E-state index is 11.6. The van der Waals surface area contributed by atoms with Crippen LogP contribution in [-0.2, 0) is 14.4 Å². The zero-order valence-corrected chi connectivity index (χ0v) is 8.73. The van der Waals surface area contributed by atoms with Crippen LogP contribution in [0.2, 0.25) is 0 Å². The van der Waals surface area contributed by atoms with E-state index in [0.29, 0.717) is 6.42 Å². The fraction of sp³-hybridized carbons (Fsp3) is 0.667. The molecule has 0 radical (unpaired) electrons. The van der Waals surface area contributed by atoms with E-state index in [1.165, 1.54) is 0 Å². The summed E-state index contributed by atoms with van der Waals surface area (Å²) in [5.74, 6) is -2.41. The largest absolute Gasteiger partial charge is 0.480 e. The molecule has 1 unspecified atom stereocenters. The standard InChI is InChI=1S/C9H15N3O4/c10-7(13)4-6(9(15)16)12-8(14)5-2-1-3-11-5/h5-6,11H,1-4H2,(H2,10,13)(H,12,14)(H,15,16)/t5-,6?/m0/s1. The fourth-order valence-electron chi connectivity index (χ4n) is 1.58. The summed E-state index contributed by atoms with van der Waals surface area (Å²) in [5, 5.41) is 14.0. The van der Waals surface area contributed by atoms with Gasteiger partial charge in [-0.05, 0) is 19.4 Å². The SMILES string of the molecule is NC(=O)CC(NC(=O)[C@@H]1CCCN1)C(=O)O. The number of aliphatic carboxylic acids is 1. The molecule has 1 fully saturated rings. The third-order valence-corrected chi connectivity index (χ3v) is 2.40. The van der Waals surface area contributed by atoms with Crippen molar-refractivity contribution >= 4 is 17.8 Å². The van der Waals surface area contributed by atoms with Crippen LogP contribution in [0.4, 0.5) is 0 Å². The zero-order valence-electron chi connectivity index (χ0n) is 8.73. The lowest BCUT2D eigenvalue weighted by molar-refractivity contribution is -0.143. The Balaban J connectivity index is 2.50. The van der Waals surface area contributed by atoms with E-state index in [0.717, 1.165) is 13.0 Å². The van der Waals surface area contributed by atoms with E-state index >= 15 is 0 Å². The molecule has 0 aromatic rings. The Bertz CT molecular complexity index is 299. The Labute approximate surface area is 92.4 Å². The van der Waals surface area contributed by atoms with E-state index < -0.39 is 30.2 Å². The zero-order chi connectivity index (χ0) is 12.1. The highest BCUT2D eigenvalue weighted by atomic mass is 16.4. The van der Waals surface area contributed by atoms with Gasteiger partial charge >= 0.3 is 5.97 Å². The van der Waals surface area contributed by atoms with Gasteiger partial charge < -0.3 is 21.5 Å². The second-order valence-corrected chi connectivity index (χ2v) is 3.72. The van der Waals surface area contributed by atoms with Crippen molar-refractivity contribution < 1.29 is 19.5 Å². The van der Waals surface area contributed by atoms with Crippen LogP contribution < -0.4 is 16.4 Å². The van der Waals surface area contributed by atoms with E-state index in [-0.39, 0.29) is 6.04 Å². The Morgan fingerprint density at radius 3 is 2.62 bits per heavy atom. The summed E-state index contributed by atoms with van der Waals surface area (Å²) in [7, 11) is 0. The van der Waals surface area contributed by atoms with Gasteiger partial charge in [-0.25, -0.2) is 4.79 Å². The Morgan fingerprint density at radius 1 is 1.50 bits per heavy atom. The predicted molar refractivity (Wildman–Crippen MR) is 54.4 cm³/mol. The van der Waals surface area contributed by atoms with Crippen molar-refractivity contribution in [3.05, 3.63) is 0 Å².